The maximum absolute atomic E-state index is 12.6. The van der Waals surface area contributed by atoms with Gasteiger partial charge >= 0.3 is 0 Å². The molecule has 3 heteroatoms. The van der Waals surface area contributed by atoms with E-state index in [0.29, 0.717) is 0 Å². The lowest BCUT2D eigenvalue weighted by Gasteiger charge is -2.32. The number of carbonyl (C=O) groups excluding carboxylic acids is 1. The Morgan fingerprint density at radius 2 is 1.65 bits per heavy atom. The van der Waals surface area contributed by atoms with E-state index in [2.05, 4.69) is 22.9 Å². The number of carbonyl (C=O) groups is 1. The molecule has 0 aromatic heterocycles. The number of likely N-dealkylation sites (N-methyl/N-ethyl adjacent to an activating group) is 1. The van der Waals surface area contributed by atoms with Crippen molar-refractivity contribution >= 4 is 5.78 Å². The molecule has 1 fully saturated rings. The Bertz CT molecular complexity index is 670. The van der Waals surface area contributed by atoms with Gasteiger partial charge in [-0.2, -0.15) is 0 Å². The van der Waals surface area contributed by atoms with Gasteiger partial charge in [0.15, 0.2) is 5.78 Å². The minimum absolute atomic E-state index is 0.102. The van der Waals surface area contributed by atoms with Crippen molar-refractivity contribution < 1.29 is 4.79 Å². The van der Waals surface area contributed by atoms with Gasteiger partial charge in [0.25, 0.3) is 0 Å². The van der Waals surface area contributed by atoms with Gasteiger partial charge in [-0.1, -0.05) is 48.0 Å². The first-order chi connectivity index (χ1) is 11.1. The highest BCUT2D eigenvalue weighted by Crippen LogP contribution is 2.15. The van der Waals surface area contributed by atoms with Crippen molar-refractivity contribution in [2.75, 3.05) is 33.2 Å². The lowest BCUT2D eigenvalue weighted by Crippen LogP contribution is -2.43. The minimum Gasteiger partial charge on any atom is -0.304 e. The molecule has 0 unspecified atom stereocenters. The van der Waals surface area contributed by atoms with Gasteiger partial charge in [-0.25, -0.2) is 0 Å². The topological polar surface area (TPSA) is 23.6 Å². The molecule has 1 aliphatic heterocycles. The molecule has 2 aromatic rings. The van der Waals surface area contributed by atoms with Crippen LogP contribution in [0.1, 0.15) is 27.0 Å². The first-order valence-corrected chi connectivity index (χ1v) is 8.23. The lowest BCUT2D eigenvalue weighted by molar-refractivity contribution is 0.103. The van der Waals surface area contributed by atoms with Crippen LogP contribution in [-0.2, 0) is 6.54 Å². The summed E-state index contributed by atoms with van der Waals surface area (Å²) in [6.45, 7) is 7.36. The summed E-state index contributed by atoms with van der Waals surface area (Å²) < 4.78 is 0. The minimum atomic E-state index is 0.102. The molecule has 1 aliphatic rings. The predicted molar refractivity (Wildman–Crippen MR) is 93.8 cm³/mol. The summed E-state index contributed by atoms with van der Waals surface area (Å²) in [5.74, 6) is 0.102. The summed E-state index contributed by atoms with van der Waals surface area (Å²) >= 11 is 0. The Balaban J connectivity index is 1.72. The van der Waals surface area contributed by atoms with Crippen LogP contribution in [0.2, 0.25) is 0 Å². The zero-order chi connectivity index (χ0) is 16.2. The van der Waals surface area contributed by atoms with Crippen molar-refractivity contribution in [3.8, 4) is 0 Å². The summed E-state index contributed by atoms with van der Waals surface area (Å²) in [5.41, 5.74) is 3.92. The van der Waals surface area contributed by atoms with E-state index in [-0.39, 0.29) is 5.78 Å². The number of benzene rings is 2. The van der Waals surface area contributed by atoms with Gasteiger partial charge in [-0.05, 0) is 25.6 Å². The maximum atomic E-state index is 12.6. The normalized spacial score (nSPS) is 16.4. The molecule has 3 rings (SSSR count). The zero-order valence-corrected chi connectivity index (χ0v) is 14.0. The van der Waals surface area contributed by atoms with E-state index >= 15 is 0 Å². The van der Waals surface area contributed by atoms with Crippen LogP contribution >= 0.6 is 0 Å². The van der Waals surface area contributed by atoms with Crippen LogP contribution in [0.5, 0.6) is 0 Å². The van der Waals surface area contributed by atoms with Crippen molar-refractivity contribution in [2.45, 2.75) is 13.5 Å². The summed E-state index contributed by atoms with van der Waals surface area (Å²) in [7, 11) is 2.16. The van der Waals surface area contributed by atoms with Gasteiger partial charge in [-0.15, -0.1) is 0 Å². The smallest absolute Gasteiger partial charge is 0.193 e. The van der Waals surface area contributed by atoms with Crippen LogP contribution in [0.3, 0.4) is 0 Å². The molecule has 0 spiro atoms. The largest absolute Gasteiger partial charge is 0.304 e. The van der Waals surface area contributed by atoms with Crippen LogP contribution in [0.15, 0.2) is 48.5 Å². The molecule has 0 saturated carbocycles. The molecule has 0 aliphatic carbocycles. The van der Waals surface area contributed by atoms with Crippen molar-refractivity contribution in [3.63, 3.8) is 0 Å². The van der Waals surface area contributed by atoms with E-state index in [1.54, 1.807) is 0 Å². The second-order valence-electron chi connectivity index (χ2n) is 6.47. The number of hydrogen-bond donors (Lipinski definition) is 0. The van der Waals surface area contributed by atoms with E-state index in [1.807, 2.05) is 49.4 Å². The highest BCUT2D eigenvalue weighted by molar-refractivity contribution is 6.09. The fourth-order valence-electron chi connectivity index (χ4n) is 2.95. The molecule has 1 heterocycles. The molecule has 0 radical (unpaired) electrons. The molecule has 0 atom stereocenters. The number of rotatable bonds is 4. The highest BCUT2D eigenvalue weighted by Gasteiger charge is 2.15. The Labute approximate surface area is 138 Å². The highest BCUT2D eigenvalue weighted by atomic mass is 16.1. The Morgan fingerprint density at radius 3 is 2.35 bits per heavy atom. The third kappa shape index (κ3) is 4.06. The van der Waals surface area contributed by atoms with E-state index in [1.165, 1.54) is 11.1 Å². The summed E-state index contributed by atoms with van der Waals surface area (Å²) in [4.78, 5) is 17.4. The van der Waals surface area contributed by atoms with Crippen molar-refractivity contribution in [3.05, 3.63) is 70.8 Å². The molecule has 1 saturated heterocycles. The average Bonchev–Trinajstić information content (AvgIpc) is 2.57. The van der Waals surface area contributed by atoms with Gasteiger partial charge in [0.05, 0.1) is 0 Å². The molecule has 23 heavy (non-hydrogen) atoms. The Kier molecular flexibility index (Phi) is 4.89. The van der Waals surface area contributed by atoms with Crippen LogP contribution in [0.25, 0.3) is 0 Å². The molecule has 3 nitrogen and oxygen atoms in total. The Hall–Kier alpha value is -1.97. The molecule has 0 amide bonds. The number of aryl methyl sites for hydroxylation is 1. The third-order valence-corrected chi connectivity index (χ3v) is 4.51. The summed E-state index contributed by atoms with van der Waals surface area (Å²) in [6, 6.07) is 15.9. The van der Waals surface area contributed by atoms with Gasteiger partial charge in [0, 0.05) is 43.9 Å². The lowest BCUT2D eigenvalue weighted by atomic mass is 10.0. The average molecular weight is 308 g/mol. The van der Waals surface area contributed by atoms with Crippen molar-refractivity contribution in [1.82, 2.24) is 9.80 Å². The molecular formula is C20H24N2O. The van der Waals surface area contributed by atoms with Crippen LogP contribution in [-0.4, -0.2) is 48.8 Å². The second kappa shape index (κ2) is 7.07. The van der Waals surface area contributed by atoms with Gasteiger partial charge in [-0.3, -0.25) is 9.69 Å². The molecule has 120 valence electrons. The van der Waals surface area contributed by atoms with E-state index in [4.69, 9.17) is 0 Å². The summed E-state index contributed by atoms with van der Waals surface area (Å²) in [5, 5.41) is 0. The SMILES string of the molecule is Cc1ccc(C(=O)c2cccc(CN3CCN(C)CC3)c2)cc1. The third-order valence-electron chi connectivity index (χ3n) is 4.51. The fourth-order valence-corrected chi connectivity index (χ4v) is 2.95. The molecule has 0 N–H and O–H groups in total. The van der Waals surface area contributed by atoms with E-state index in [0.717, 1.165) is 43.9 Å². The number of nitrogens with zero attached hydrogens (tertiary/aromatic N) is 2. The molecular weight excluding hydrogens is 284 g/mol. The first kappa shape index (κ1) is 15.9. The maximum Gasteiger partial charge on any atom is 0.193 e. The fraction of sp³-hybridized carbons (Fsp3) is 0.350. The van der Waals surface area contributed by atoms with E-state index in [9.17, 15) is 4.79 Å². The van der Waals surface area contributed by atoms with Crippen LogP contribution in [0.4, 0.5) is 0 Å². The first-order valence-electron chi connectivity index (χ1n) is 8.23. The Morgan fingerprint density at radius 1 is 0.957 bits per heavy atom. The van der Waals surface area contributed by atoms with Crippen molar-refractivity contribution in [1.29, 1.82) is 0 Å². The number of hydrogen-bond acceptors (Lipinski definition) is 3. The second-order valence-corrected chi connectivity index (χ2v) is 6.47. The molecule has 0 bridgehead atoms. The monoisotopic (exact) mass is 308 g/mol. The number of ketones is 1. The molecule has 2 aromatic carbocycles. The predicted octanol–water partition coefficient (Wildman–Crippen LogP) is 2.97. The van der Waals surface area contributed by atoms with Gasteiger partial charge < -0.3 is 4.90 Å². The summed E-state index contributed by atoms with van der Waals surface area (Å²) in [6.07, 6.45) is 0. The van der Waals surface area contributed by atoms with Gasteiger partial charge in [0.2, 0.25) is 0 Å². The van der Waals surface area contributed by atoms with Crippen LogP contribution < -0.4 is 0 Å². The van der Waals surface area contributed by atoms with Crippen molar-refractivity contribution in [2.24, 2.45) is 0 Å². The van der Waals surface area contributed by atoms with Crippen LogP contribution in [0, 0.1) is 6.92 Å². The number of piperazine rings is 1. The standard InChI is InChI=1S/C20H24N2O/c1-16-6-8-18(9-7-16)20(23)19-5-3-4-17(14-19)15-22-12-10-21(2)11-13-22/h3-9,14H,10-13,15H2,1-2H3. The van der Waals surface area contributed by atoms with E-state index < -0.39 is 0 Å². The quantitative estimate of drug-likeness (QED) is 0.811. The van der Waals surface area contributed by atoms with Gasteiger partial charge in [0.1, 0.15) is 0 Å². The zero-order valence-electron chi connectivity index (χ0n) is 14.0.